The second kappa shape index (κ2) is 9.96. The number of hydrazone groups is 1. The molecule has 0 aliphatic heterocycles. The highest BCUT2D eigenvalue weighted by molar-refractivity contribution is 9.10. The predicted octanol–water partition coefficient (Wildman–Crippen LogP) is 3.85. The molecule has 0 bridgehead atoms. The summed E-state index contributed by atoms with van der Waals surface area (Å²) in [4.78, 5) is 12.1. The predicted molar refractivity (Wildman–Crippen MR) is 120 cm³/mol. The topological polar surface area (TPSA) is 102 Å². The number of halogens is 2. The van der Waals surface area contributed by atoms with Gasteiger partial charge >= 0.3 is 0 Å². The number of hydrogen-bond acceptors (Lipinski definition) is 7. The van der Waals surface area contributed by atoms with Crippen LogP contribution in [-0.2, 0) is 11.8 Å². The Kier molecular flexibility index (Phi) is 7.35. The summed E-state index contributed by atoms with van der Waals surface area (Å²) in [5.74, 6) is 0.798. The Labute approximate surface area is 190 Å². The zero-order chi connectivity index (χ0) is 21.7. The van der Waals surface area contributed by atoms with Gasteiger partial charge in [-0.2, -0.15) is 5.10 Å². The molecular weight excluding hydrogens is 494 g/mol. The second-order valence-electron chi connectivity index (χ2n) is 6.01. The minimum absolute atomic E-state index is 0.00303. The molecule has 3 aromatic rings. The van der Waals surface area contributed by atoms with Crippen molar-refractivity contribution in [3.63, 3.8) is 0 Å². The van der Waals surface area contributed by atoms with Gasteiger partial charge in [-0.3, -0.25) is 4.79 Å². The molecule has 0 spiro atoms. The number of methoxy groups -OCH3 is 1. The molecule has 8 nitrogen and oxygen atoms in total. The minimum atomic E-state index is -0.294. The monoisotopic (exact) mass is 509 g/mol. The van der Waals surface area contributed by atoms with Crippen molar-refractivity contribution in [2.45, 2.75) is 5.16 Å². The molecule has 3 rings (SSSR count). The fourth-order valence-corrected chi connectivity index (χ4v) is 3.75. The number of hydrogen-bond donors (Lipinski definition) is 2. The molecule has 2 N–H and O–H groups in total. The standard InChI is InChI=1S/C19H17BrClN5O3S/c1-26-18(12-3-5-13(21)6-4-12)24-25-19(26)30-10-16(27)23-22-9-11-7-14(20)17(28)15(8-11)29-2/h3-9,28H,10H2,1-2H3,(H,23,27)/b22-9-. The summed E-state index contributed by atoms with van der Waals surface area (Å²) < 4.78 is 7.35. The number of benzene rings is 2. The van der Waals surface area contributed by atoms with Crippen molar-refractivity contribution < 1.29 is 14.6 Å². The molecule has 0 aliphatic rings. The van der Waals surface area contributed by atoms with Gasteiger partial charge in [-0.25, -0.2) is 5.43 Å². The average Bonchev–Trinajstić information content (AvgIpc) is 3.10. The van der Waals surface area contributed by atoms with Crippen LogP contribution in [0.2, 0.25) is 5.02 Å². The second-order valence-corrected chi connectivity index (χ2v) is 8.24. The van der Waals surface area contributed by atoms with Crippen LogP contribution in [0.3, 0.4) is 0 Å². The Hall–Kier alpha value is -2.56. The Bertz CT molecular complexity index is 1090. The fourth-order valence-electron chi connectivity index (χ4n) is 2.46. The van der Waals surface area contributed by atoms with E-state index in [1.54, 1.807) is 24.3 Å². The normalized spacial score (nSPS) is 11.1. The molecule has 156 valence electrons. The molecule has 0 atom stereocenters. The fraction of sp³-hybridized carbons (Fsp3) is 0.158. The van der Waals surface area contributed by atoms with Crippen molar-refractivity contribution in [3.8, 4) is 22.9 Å². The SMILES string of the molecule is COc1cc(/C=N\NC(=O)CSc2nnc(-c3ccc(Cl)cc3)n2C)cc(Br)c1O. The zero-order valence-electron chi connectivity index (χ0n) is 16.0. The summed E-state index contributed by atoms with van der Waals surface area (Å²) in [6, 6.07) is 10.5. The van der Waals surface area contributed by atoms with Crippen LogP contribution in [0.25, 0.3) is 11.4 Å². The number of nitrogens with zero attached hydrogens (tertiary/aromatic N) is 4. The number of nitrogens with one attached hydrogen (secondary N) is 1. The van der Waals surface area contributed by atoms with Crippen molar-refractivity contribution >= 4 is 51.4 Å². The van der Waals surface area contributed by atoms with Crippen LogP contribution in [0.5, 0.6) is 11.5 Å². The van der Waals surface area contributed by atoms with Gasteiger partial charge in [0.05, 0.1) is 23.5 Å². The molecule has 0 fully saturated rings. The number of ether oxygens (including phenoxy) is 1. The molecule has 1 amide bonds. The molecule has 0 saturated heterocycles. The zero-order valence-corrected chi connectivity index (χ0v) is 19.1. The van der Waals surface area contributed by atoms with Crippen LogP contribution in [0.1, 0.15) is 5.56 Å². The van der Waals surface area contributed by atoms with Crippen LogP contribution >= 0.6 is 39.3 Å². The molecule has 1 heterocycles. The number of aromatic hydroxyl groups is 1. The van der Waals surface area contributed by atoms with Gasteiger partial charge in [-0.05, 0) is 57.9 Å². The lowest BCUT2D eigenvalue weighted by Crippen LogP contribution is -2.19. The highest BCUT2D eigenvalue weighted by atomic mass is 79.9. The lowest BCUT2D eigenvalue weighted by molar-refractivity contribution is -0.118. The van der Waals surface area contributed by atoms with E-state index in [9.17, 15) is 9.90 Å². The van der Waals surface area contributed by atoms with Gasteiger partial charge in [0.15, 0.2) is 22.5 Å². The molecule has 11 heteroatoms. The van der Waals surface area contributed by atoms with Gasteiger partial charge in [-0.1, -0.05) is 23.4 Å². The molecule has 0 radical (unpaired) electrons. The van der Waals surface area contributed by atoms with Crippen molar-refractivity contribution in [2.24, 2.45) is 12.1 Å². The van der Waals surface area contributed by atoms with E-state index >= 15 is 0 Å². The van der Waals surface area contributed by atoms with Gasteiger partial charge in [-0.15, -0.1) is 10.2 Å². The number of phenols is 1. The highest BCUT2D eigenvalue weighted by Gasteiger charge is 2.13. The van der Waals surface area contributed by atoms with E-state index < -0.39 is 0 Å². The first-order valence-corrected chi connectivity index (χ1v) is 10.7. The Morgan fingerprint density at radius 1 is 1.37 bits per heavy atom. The van der Waals surface area contributed by atoms with Crippen LogP contribution in [0.15, 0.2) is 51.1 Å². The van der Waals surface area contributed by atoms with E-state index in [1.807, 2.05) is 23.7 Å². The summed E-state index contributed by atoms with van der Waals surface area (Å²) >= 11 is 10.4. The van der Waals surface area contributed by atoms with E-state index in [0.717, 1.165) is 5.56 Å². The maximum Gasteiger partial charge on any atom is 0.250 e. The largest absolute Gasteiger partial charge is 0.503 e. The third-order valence-electron chi connectivity index (χ3n) is 3.94. The first-order chi connectivity index (χ1) is 14.4. The van der Waals surface area contributed by atoms with E-state index in [0.29, 0.717) is 31.8 Å². The Morgan fingerprint density at radius 3 is 2.80 bits per heavy atom. The number of rotatable bonds is 7. The van der Waals surface area contributed by atoms with Crippen molar-refractivity contribution in [2.75, 3.05) is 12.9 Å². The van der Waals surface area contributed by atoms with Gasteiger partial charge in [0, 0.05) is 17.6 Å². The van der Waals surface area contributed by atoms with Crippen LogP contribution < -0.4 is 10.2 Å². The van der Waals surface area contributed by atoms with Crippen molar-refractivity contribution in [3.05, 3.63) is 51.5 Å². The van der Waals surface area contributed by atoms with Crippen molar-refractivity contribution in [1.29, 1.82) is 0 Å². The summed E-state index contributed by atoms with van der Waals surface area (Å²) in [6.07, 6.45) is 1.45. The van der Waals surface area contributed by atoms with E-state index in [4.69, 9.17) is 16.3 Å². The first kappa shape index (κ1) is 22.1. The quantitative estimate of drug-likeness (QED) is 0.284. The number of carbonyl (C=O) groups is 1. The number of phenolic OH excluding ortho intramolecular Hbond substituents is 1. The van der Waals surface area contributed by atoms with Crippen LogP contribution in [-0.4, -0.2) is 44.9 Å². The Morgan fingerprint density at radius 2 is 2.10 bits per heavy atom. The number of carbonyl (C=O) groups excluding carboxylic acids is 1. The Balaban J connectivity index is 1.57. The molecule has 2 aromatic carbocycles. The van der Waals surface area contributed by atoms with Gasteiger partial charge in [0.25, 0.3) is 5.91 Å². The molecule has 30 heavy (non-hydrogen) atoms. The highest BCUT2D eigenvalue weighted by Crippen LogP contribution is 2.34. The third-order valence-corrected chi connectivity index (χ3v) is 5.82. The number of thioether (sulfide) groups is 1. The van der Waals surface area contributed by atoms with Gasteiger partial charge in [0.2, 0.25) is 0 Å². The van der Waals surface area contributed by atoms with E-state index in [1.165, 1.54) is 25.1 Å². The van der Waals surface area contributed by atoms with Crippen LogP contribution in [0.4, 0.5) is 0 Å². The molecule has 0 saturated carbocycles. The third kappa shape index (κ3) is 5.32. The average molecular weight is 511 g/mol. The first-order valence-electron chi connectivity index (χ1n) is 8.55. The summed E-state index contributed by atoms with van der Waals surface area (Å²) in [5.41, 5.74) is 3.98. The maximum absolute atomic E-state index is 12.1. The molecule has 0 aliphatic carbocycles. The summed E-state index contributed by atoms with van der Waals surface area (Å²) in [7, 11) is 3.28. The minimum Gasteiger partial charge on any atom is -0.503 e. The van der Waals surface area contributed by atoms with E-state index in [2.05, 4.69) is 36.7 Å². The summed E-state index contributed by atoms with van der Waals surface area (Å²) in [5, 5.41) is 23.3. The molecule has 1 aromatic heterocycles. The van der Waals surface area contributed by atoms with Crippen LogP contribution in [0, 0.1) is 0 Å². The molecule has 0 unspecified atom stereocenters. The lowest BCUT2D eigenvalue weighted by Gasteiger charge is -2.06. The van der Waals surface area contributed by atoms with Crippen molar-refractivity contribution in [1.82, 2.24) is 20.2 Å². The summed E-state index contributed by atoms with van der Waals surface area (Å²) in [6.45, 7) is 0. The molecular formula is C19H17BrClN5O3S. The smallest absolute Gasteiger partial charge is 0.250 e. The van der Waals surface area contributed by atoms with E-state index in [-0.39, 0.29) is 17.4 Å². The number of amides is 1. The lowest BCUT2D eigenvalue weighted by atomic mass is 10.2. The van der Waals surface area contributed by atoms with Gasteiger partial charge in [0.1, 0.15) is 0 Å². The number of aromatic nitrogens is 3. The van der Waals surface area contributed by atoms with Gasteiger partial charge < -0.3 is 14.4 Å². The maximum atomic E-state index is 12.1.